The predicted octanol–water partition coefficient (Wildman–Crippen LogP) is 2.85. The van der Waals surface area contributed by atoms with Crippen LogP contribution in [0, 0.1) is 0 Å². The lowest BCUT2D eigenvalue weighted by molar-refractivity contribution is -0.116. The molecule has 22 heavy (non-hydrogen) atoms. The summed E-state index contributed by atoms with van der Waals surface area (Å²) in [6.45, 7) is 0. The van der Waals surface area contributed by atoms with Gasteiger partial charge >= 0.3 is 0 Å². The predicted molar refractivity (Wildman–Crippen MR) is 83.8 cm³/mol. The van der Waals surface area contributed by atoms with E-state index in [1.807, 2.05) is 42.5 Å². The standard InChI is InChI=1S/C17H15N3O2/c1-22-12-7-5-10(6-8-12)13-9-14(21)18-17-15(13)16(19-20-17)11-3-2-4-11/h2-8,13H,9H2,1H3,(H2,18,19,20,21). The summed E-state index contributed by atoms with van der Waals surface area (Å²) < 4.78 is 5.20. The van der Waals surface area contributed by atoms with Crippen molar-refractivity contribution in [3.8, 4) is 5.75 Å². The molecule has 0 radical (unpaired) electrons. The summed E-state index contributed by atoms with van der Waals surface area (Å²) in [5.41, 5.74) is 4.24. The minimum absolute atomic E-state index is 0.00157. The van der Waals surface area contributed by atoms with Crippen molar-refractivity contribution in [3.05, 3.63) is 59.3 Å². The van der Waals surface area contributed by atoms with Crippen LogP contribution < -0.4 is 10.1 Å². The molecule has 0 saturated carbocycles. The van der Waals surface area contributed by atoms with Crippen molar-refractivity contribution in [2.75, 3.05) is 12.4 Å². The first-order chi connectivity index (χ1) is 10.8. The minimum Gasteiger partial charge on any atom is -0.497 e. The molecule has 0 fully saturated rings. The molecule has 2 aliphatic rings. The van der Waals surface area contributed by atoms with E-state index in [4.69, 9.17) is 4.74 Å². The number of amides is 1. The number of carbonyl (C=O) groups excluding carboxylic acids is 1. The zero-order chi connectivity index (χ0) is 15.1. The molecule has 2 heterocycles. The van der Waals surface area contributed by atoms with Crippen molar-refractivity contribution in [1.82, 2.24) is 10.2 Å². The van der Waals surface area contributed by atoms with Crippen molar-refractivity contribution >= 4 is 17.3 Å². The largest absolute Gasteiger partial charge is 0.497 e. The first kappa shape index (κ1) is 12.9. The fourth-order valence-electron chi connectivity index (χ4n) is 2.96. The van der Waals surface area contributed by atoms with Crippen molar-refractivity contribution in [2.45, 2.75) is 12.3 Å². The van der Waals surface area contributed by atoms with E-state index >= 15 is 0 Å². The van der Waals surface area contributed by atoms with Crippen molar-refractivity contribution in [3.63, 3.8) is 0 Å². The van der Waals surface area contributed by atoms with Crippen LogP contribution in [0.2, 0.25) is 0 Å². The molecule has 1 aliphatic carbocycles. The van der Waals surface area contributed by atoms with Gasteiger partial charge in [0.2, 0.25) is 5.91 Å². The maximum atomic E-state index is 12.0. The summed E-state index contributed by atoms with van der Waals surface area (Å²) in [7, 11) is 1.64. The zero-order valence-corrected chi connectivity index (χ0v) is 12.1. The van der Waals surface area contributed by atoms with Gasteiger partial charge in [0.15, 0.2) is 5.82 Å². The Kier molecular flexibility index (Phi) is 2.85. The Morgan fingerprint density at radius 2 is 2.05 bits per heavy atom. The summed E-state index contributed by atoms with van der Waals surface area (Å²) in [5, 5.41) is 10.2. The number of methoxy groups -OCH3 is 1. The fourth-order valence-corrected chi connectivity index (χ4v) is 2.96. The van der Waals surface area contributed by atoms with Gasteiger partial charge in [-0.3, -0.25) is 9.89 Å². The topological polar surface area (TPSA) is 67.0 Å². The van der Waals surface area contributed by atoms with Gasteiger partial charge < -0.3 is 10.1 Å². The Balaban J connectivity index is 1.80. The van der Waals surface area contributed by atoms with Crippen molar-refractivity contribution in [1.29, 1.82) is 0 Å². The molecule has 0 saturated heterocycles. The van der Waals surface area contributed by atoms with E-state index in [1.54, 1.807) is 7.11 Å². The average Bonchev–Trinajstić information content (AvgIpc) is 2.88. The number of fused-ring (bicyclic) bond motifs is 1. The molecular formula is C17H15N3O2. The first-order valence-electron chi connectivity index (χ1n) is 7.17. The van der Waals surface area contributed by atoms with E-state index in [2.05, 4.69) is 15.5 Å². The molecule has 0 spiro atoms. The normalized spacial score (nSPS) is 19.0. The van der Waals surface area contributed by atoms with Crippen molar-refractivity contribution in [2.24, 2.45) is 0 Å². The lowest BCUT2D eigenvalue weighted by Crippen LogP contribution is -2.23. The van der Waals surface area contributed by atoms with Crippen LogP contribution in [0.3, 0.4) is 0 Å². The first-order valence-corrected chi connectivity index (χ1v) is 7.17. The van der Waals surface area contributed by atoms with Gasteiger partial charge in [-0.25, -0.2) is 0 Å². The van der Waals surface area contributed by atoms with E-state index in [-0.39, 0.29) is 11.8 Å². The van der Waals surface area contributed by atoms with E-state index in [0.717, 1.165) is 28.1 Å². The van der Waals surface area contributed by atoms with E-state index in [9.17, 15) is 4.79 Å². The maximum absolute atomic E-state index is 12.0. The van der Waals surface area contributed by atoms with E-state index in [1.165, 1.54) is 0 Å². The second-order valence-corrected chi connectivity index (χ2v) is 5.42. The molecule has 4 rings (SSSR count). The van der Waals surface area contributed by atoms with Gasteiger partial charge in [0.1, 0.15) is 5.75 Å². The average molecular weight is 293 g/mol. The number of aromatic amines is 1. The summed E-state index contributed by atoms with van der Waals surface area (Å²) in [6.07, 6.45) is 6.49. The summed E-state index contributed by atoms with van der Waals surface area (Å²) >= 11 is 0. The van der Waals surface area contributed by atoms with Gasteiger partial charge in [-0.05, 0) is 23.3 Å². The van der Waals surface area contributed by atoms with Crippen LogP contribution in [0.1, 0.15) is 29.2 Å². The molecule has 110 valence electrons. The van der Waals surface area contributed by atoms with Gasteiger partial charge in [0, 0.05) is 17.9 Å². The highest BCUT2D eigenvalue weighted by Crippen LogP contribution is 2.41. The SMILES string of the molecule is COc1ccc(C2CC(=O)Nc3n[nH]c(C4=CC=C4)c32)cc1. The van der Waals surface area contributed by atoms with Gasteiger partial charge in [-0.2, -0.15) is 5.10 Å². The number of allylic oxidation sites excluding steroid dienone is 4. The molecule has 1 atom stereocenters. The highest BCUT2D eigenvalue weighted by molar-refractivity contribution is 5.96. The zero-order valence-electron chi connectivity index (χ0n) is 12.1. The number of anilines is 1. The van der Waals surface area contributed by atoms with Crippen molar-refractivity contribution < 1.29 is 9.53 Å². The Morgan fingerprint density at radius 3 is 2.68 bits per heavy atom. The third kappa shape index (κ3) is 1.94. The summed E-state index contributed by atoms with van der Waals surface area (Å²) in [6, 6.07) is 7.86. The Hall–Kier alpha value is -2.82. The number of ether oxygens (including phenoxy) is 1. The monoisotopic (exact) mass is 293 g/mol. The quantitative estimate of drug-likeness (QED) is 0.914. The lowest BCUT2D eigenvalue weighted by Gasteiger charge is -2.24. The number of hydrogen-bond acceptors (Lipinski definition) is 3. The third-order valence-electron chi connectivity index (χ3n) is 4.16. The van der Waals surface area contributed by atoms with E-state index in [0.29, 0.717) is 12.2 Å². The van der Waals surface area contributed by atoms with Crippen LogP contribution in [-0.4, -0.2) is 23.2 Å². The number of nitrogens with zero attached hydrogens (tertiary/aromatic N) is 1. The van der Waals surface area contributed by atoms with Crippen LogP contribution >= 0.6 is 0 Å². The van der Waals surface area contributed by atoms with Gasteiger partial charge in [-0.15, -0.1) is 0 Å². The second kappa shape index (κ2) is 4.87. The van der Waals surface area contributed by atoms with Crippen LogP contribution in [0.25, 0.3) is 5.57 Å². The number of benzene rings is 1. The van der Waals surface area contributed by atoms with Crippen LogP contribution in [0.5, 0.6) is 5.75 Å². The van der Waals surface area contributed by atoms with Crippen LogP contribution in [-0.2, 0) is 4.79 Å². The molecule has 1 aliphatic heterocycles. The lowest BCUT2D eigenvalue weighted by atomic mass is 9.83. The van der Waals surface area contributed by atoms with Crippen LogP contribution in [0.4, 0.5) is 5.82 Å². The minimum atomic E-state index is -0.00972. The smallest absolute Gasteiger partial charge is 0.226 e. The number of hydrogen-bond donors (Lipinski definition) is 2. The van der Waals surface area contributed by atoms with Gasteiger partial charge in [0.05, 0.1) is 12.8 Å². The molecule has 5 heteroatoms. The molecule has 1 amide bonds. The number of carbonyl (C=O) groups is 1. The molecule has 5 nitrogen and oxygen atoms in total. The van der Waals surface area contributed by atoms with Gasteiger partial charge in [-0.1, -0.05) is 30.4 Å². The highest BCUT2D eigenvalue weighted by Gasteiger charge is 2.32. The second-order valence-electron chi connectivity index (χ2n) is 5.42. The Bertz CT molecular complexity index is 800. The van der Waals surface area contributed by atoms with Crippen LogP contribution in [0.15, 0.2) is 42.5 Å². The van der Waals surface area contributed by atoms with E-state index < -0.39 is 0 Å². The fraction of sp³-hybridized carbons (Fsp3) is 0.176. The third-order valence-corrected chi connectivity index (χ3v) is 4.16. The highest BCUT2D eigenvalue weighted by atomic mass is 16.5. The van der Waals surface area contributed by atoms with Gasteiger partial charge in [0.25, 0.3) is 0 Å². The Labute approximate surface area is 127 Å². The number of H-pyrrole nitrogens is 1. The molecule has 1 aromatic heterocycles. The molecule has 2 aromatic rings. The molecular weight excluding hydrogens is 278 g/mol. The molecule has 1 unspecified atom stereocenters. The molecule has 2 N–H and O–H groups in total. The number of rotatable bonds is 3. The number of aromatic nitrogens is 2. The maximum Gasteiger partial charge on any atom is 0.226 e. The molecule has 0 bridgehead atoms. The summed E-state index contributed by atoms with van der Waals surface area (Å²) in [5.74, 6) is 1.43. The molecule has 1 aromatic carbocycles. The summed E-state index contributed by atoms with van der Waals surface area (Å²) in [4.78, 5) is 12.0. The number of nitrogens with one attached hydrogen (secondary N) is 2. The Morgan fingerprint density at radius 1 is 1.27 bits per heavy atom.